The molecule has 156 valence electrons. The van der Waals surface area contributed by atoms with E-state index in [-0.39, 0.29) is 18.0 Å². The first-order chi connectivity index (χ1) is 14.6. The van der Waals surface area contributed by atoms with Gasteiger partial charge in [0.2, 0.25) is 0 Å². The van der Waals surface area contributed by atoms with Crippen molar-refractivity contribution in [2.24, 2.45) is 0 Å². The third-order valence-electron chi connectivity index (χ3n) is 6.03. The van der Waals surface area contributed by atoms with E-state index < -0.39 is 6.10 Å². The Morgan fingerprint density at radius 3 is 2.70 bits per heavy atom. The van der Waals surface area contributed by atoms with Crippen molar-refractivity contribution in [3.63, 3.8) is 0 Å². The average molecular weight is 425 g/mol. The van der Waals surface area contributed by atoms with Crippen LogP contribution in [0.2, 0.25) is 0 Å². The number of hydrogen-bond donors (Lipinski definition) is 1. The number of likely N-dealkylation sites (tertiary alicyclic amines) is 1. The van der Waals surface area contributed by atoms with Gasteiger partial charge in [-0.1, -0.05) is 23.4 Å². The Hall–Kier alpha value is -2.71. The quantitative estimate of drug-likeness (QED) is 0.679. The molecule has 0 spiro atoms. The van der Waals surface area contributed by atoms with Crippen molar-refractivity contribution in [2.45, 2.75) is 43.4 Å². The van der Waals surface area contributed by atoms with E-state index in [1.54, 1.807) is 11.8 Å². The van der Waals surface area contributed by atoms with E-state index in [0.29, 0.717) is 23.8 Å². The molecule has 3 atom stereocenters. The summed E-state index contributed by atoms with van der Waals surface area (Å²) in [4.78, 5) is 15.9. The number of carbonyl (C=O) groups excluding carboxylic acids is 1. The lowest BCUT2D eigenvalue weighted by Gasteiger charge is -2.42. The summed E-state index contributed by atoms with van der Waals surface area (Å²) in [5.74, 6) is 1.24. The highest BCUT2D eigenvalue weighted by Crippen LogP contribution is 2.40. The van der Waals surface area contributed by atoms with Gasteiger partial charge in [0, 0.05) is 25.1 Å². The second-order valence-corrected chi connectivity index (χ2v) is 8.94. The van der Waals surface area contributed by atoms with Crippen LogP contribution in [0.4, 0.5) is 0 Å². The maximum absolute atomic E-state index is 13.4. The lowest BCUT2D eigenvalue weighted by atomic mass is 9.90. The molecule has 1 saturated carbocycles. The van der Waals surface area contributed by atoms with Gasteiger partial charge in [-0.05, 0) is 42.0 Å². The van der Waals surface area contributed by atoms with E-state index in [0.717, 1.165) is 29.8 Å². The van der Waals surface area contributed by atoms with Gasteiger partial charge >= 0.3 is 0 Å². The zero-order chi connectivity index (χ0) is 20.7. The van der Waals surface area contributed by atoms with Crippen molar-refractivity contribution in [3.05, 3.63) is 64.1 Å². The Labute approximate surface area is 178 Å². The van der Waals surface area contributed by atoms with Gasteiger partial charge in [-0.15, -0.1) is 16.4 Å². The second-order valence-electron chi connectivity index (χ2n) is 7.99. The Kier molecular flexibility index (Phi) is 5.04. The number of piperidine rings is 1. The van der Waals surface area contributed by atoms with Crippen LogP contribution in [0.15, 0.2) is 48.0 Å². The molecule has 8 heteroatoms. The first-order valence-electron chi connectivity index (χ1n) is 10.2. The van der Waals surface area contributed by atoms with Crippen LogP contribution in [0.1, 0.15) is 58.2 Å². The monoisotopic (exact) mass is 424 g/mol. The minimum Gasteiger partial charge on any atom is -0.497 e. The van der Waals surface area contributed by atoms with Crippen molar-refractivity contribution in [2.75, 3.05) is 13.7 Å². The zero-order valence-corrected chi connectivity index (χ0v) is 17.5. The van der Waals surface area contributed by atoms with E-state index in [4.69, 9.17) is 4.74 Å². The molecule has 3 aromatic rings. The van der Waals surface area contributed by atoms with Crippen LogP contribution in [-0.2, 0) is 0 Å². The highest BCUT2D eigenvalue weighted by molar-refractivity contribution is 7.12. The topological polar surface area (TPSA) is 80.5 Å². The van der Waals surface area contributed by atoms with E-state index in [2.05, 4.69) is 10.3 Å². The summed E-state index contributed by atoms with van der Waals surface area (Å²) in [7, 11) is 1.63. The number of hydrogen-bond acceptors (Lipinski definition) is 6. The molecule has 1 amide bonds. The van der Waals surface area contributed by atoms with Gasteiger partial charge in [0.1, 0.15) is 5.75 Å². The molecule has 1 aromatic carbocycles. The molecular weight excluding hydrogens is 400 g/mol. The van der Waals surface area contributed by atoms with Gasteiger partial charge in [-0.25, -0.2) is 4.68 Å². The fourth-order valence-electron chi connectivity index (χ4n) is 4.15. The lowest BCUT2D eigenvalue weighted by molar-refractivity contribution is -0.00166. The van der Waals surface area contributed by atoms with Crippen molar-refractivity contribution < 1.29 is 14.6 Å². The average Bonchev–Trinajstić information content (AvgIpc) is 3.27. The predicted octanol–water partition coefficient (Wildman–Crippen LogP) is 3.42. The molecule has 1 N–H and O–H groups in total. The molecule has 0 bridgehead atoms. The number of nitrogens with zero attached hydrogens (tertiary/aromatic N) is 4. The molecule has 0 radical (unpaired) electrons. The number of methoxy groups -OCH3 is 1. The third kappa shape index (κ3) is 3.61. The summed E-state index contributed by atoms with van der Waals surface area (Å²) in [5.41, 5.74) is 1.96. The SMILES string of the molecule is COc1ccc([C@H]2C[C@H](O)[C@@H](n3cc(C4CC4)nn3)CN2C(=O)c2cccs2)cc1. The van der Waals surface area contributed by atoms with Gasteiger partial charge in [-0.3, -0.25) is 4.79 Å². The van der Waals surface area contributed by atoms with Crippen LogP contribution in [-0.4, -0.2) is 50.7 Å². The highest BCUT2D eigenvalue weighted by atomic mass is 32.1. The lowest BCUT2D eigenvalue weighted by Crippen LogP contribution is -2.48. The van der Waals surface area contributed by atoms with Gasteiger partial charge in [-0.2, -0.15) is 0 Å². The number of aliphatic hydroxyl groups excluding tert-OH is 1. The highest BCUT2D eigenvalue weighted by Gasteiger charge is 2.40. The maximum Gasteiger partial charge on any atom is 0.264 e. The summed E-state index contributed by atoms with van der Waals surface area (Å²) in [5, 5.41) is 21.5. The number of rotatable bonds is 5. The standard InChI is InChI=1S/C22H24N4O3S/c1-29-16-8-6-15(7-9-16)18-11-20(27)19(26-12-17(23-24-26)14-4-5-14)13-25(18)22(28)21-3-2-10-30-21/h2-3,6-10,12,14,18-20,27H,4-5,11,13H2,1H3/t18-,19+,20+/m1/s1. The number of amides is 1. The molecule has 2 fully saturated rings. The molecular formula is C22H24N4O3S. The van der Waals surface area contributed by atoms with E-state index in [1.165, 1.54) is 11.3 Å². The summed E-state index contributed by atoms with van der Waals surface area (Å²) < 4.78 is 7.01. The molecule has 5 rings (SSSR count). The molecule has 7 nitrogen and oxygen atoms in total. The van der Waals surface area contributed by atoms with Crippen LogP contribution in [0.25, 0.3) is 0 Å². The molecule has 1 saturated heterocycles. The predicted molar refractivity (Wildman–Crippen MR) is 113 cm³/mol. The molecule has 2 aliphatic rings. The maximum atomic E-state index is 13.4. The second kappa shape index (κ2) is 7.85. The zero-order valence-electron chi connectivity index (χ0n) is 16.7. The Morgan fingerprint density at radius 1 is 1.23 bits per heavy atom. The van der Waals surface area contributed by atoms with Crippen molar-refractivity contribution in [3.8, 4) is 5.75 Å². The summed E-state index contributed by atoms with van der Waals surface area (Å²) in [6.07, 6.45) is 4.04. The van der Waals surface area contributed by atoms with Gasteiger partial charge in [0.05, 0.1) is 35.9 Å². The number of ether oxygens (including phenoxy) is 1. The van der Waals surface area contributed by atoms with Crippen molar-refractivity contribution in [1.29, 1.82) is 0 Å². The fraction of sp³-hybridized carbons (Fsp3) is 0.409. The molecule has 0 unspecified atom stereocenters. The first-order valence-corrected chi connectivity index (χ1v) is 11.1. The molecule has 1 aliphatic heterocycles. The minimum atomic E-state index is -0.627. The van der Waals surface area contributed by atoms with Crippen LogP contribution in [0.5, 0.6) is 5.75 Å². The van der Waals surface area contributed by atoms with Crippen molar-refractivity contribution >= 4 is 17.2 Å². The fourth-order valence-corrected chi connectivity index (χ4v) is 4.83. The van der Waals surface area contributed by atoms with Gasteiger partial charge in [0.25, 0.3) is 5.91 Å². The van der Waals surface area contributed by atoms with E-state index >= 15 is 0 Å². The molecule has 30 heavy (non-hydrogen) atoms. The first kappa shape index (κ1) is 19.3. The molecule has 1 aliphatic carbocycles. The van der Waals surface area contributed by atoms with Crippen LogP contribution >= 0.6 is 11.3 Å². The van der Waals surface area contributed by atoms with E-state index in [1.807, 2.05) is 52.9 Å². The minimum absolute atomic E-state index is 0.0229. The van der Waals surface area contributed by atoms with E-state index in [9.17, 15) is 9.90 Å². The normalized spacial score (nSPS) is 24.1. The molecule has 3 heterocycles. The number of benzene rings is 1. The third-order valence-corrected chi connectivity index (χ3v) is 6.88. The summed E-state index contributed by atoms with van der Waals surface area (Å²) in [6.45, 7) is 0.377. The van der Waals surface area contributed by atoms with Gasteiger partial charge < -0.3 is 14.7 Å². The number of aromatic nitrogens is 3. The van der Waals surface area contributed by atoms with Crippen LogP contribution in [0.3, 0.4) is 0 Å². The Balaban J connectivity index is 1.46. The number of carbonyl (C=O) groups is 1. The number of thiophene rings is 1. The Bertz CT molecular complexity index is 1010. The summed E-state index contributed by atoms with van der Waals surface area (Å²) in [6, 6.07) is 10.9. The largest absolute Gasteiger partial charge is 0.497 e. The number of aliphatic hydroxyl groups is 1. The smallest absolute Gasteiger partial charge is 0.264 e. The van der Waals surface area contributed by atoms with Crippen LogP contribution in [0, 0.1) is 0 Å². The van der Waals surface area contributed by atoms with Gasteiger partial charge in [0.15, 0.2) is 0 Å². The van der Waals surface area contributed by atoms with Crippen LogP contribution < -0.4 is 4.74 Å². The summed E-state index contributed by atoms with van der Waals surface area (Å²) >= 11 is 1.43. The molecule has 2 aromatic heterocycles. The Morgan fingerprint density at radius 2 is 2.03 bits per heavy atom. The van der Waals surface area contributed by atoms with Crippen molar-refractivity contribution in [1.82, 2.24) is 19.9 Å².